The van der Waals surface area contributed by atoms with E-state index in [4.69, 9.17) is 21.1 Å². The molecule has 0 aliphatic heterocycles. The summed E-state index contributed by atoms with van der Waals surface area (Å²) >= 11 is 6.00. The van der Waals surface area contributed by atoms with E-state index in [2.05, 4.69) is 10.6 Å². The SMILES string of the molecule is COc1ccc2c(c1)c(CC(=O)NCCSSCCNC(=O)OC(C)(C)C)c(C)n2C(=O)c1ccc(Cl)cc1. The van der Waals surface area contributed by atoms with Gasteiger partial charge >= 0.3 is 6.09 Å². The number of nitrogens with one attached hydrogen (secondary N) is 2. The molecular weight excluding hydrogens is 558 g/mol. The summed E-state index contributed by atoms with van der Waals surface area (Å²) in [7, 11) is 4.82. The largest absolute Gasteiger partial charge is 0.497 e. The molecule has 0 saturated heterocycles. The van der Waals surface area contributed by atoms with Crippen LogP contribution in [0.15, 0.2) is 42.5 Å². The van der Waals surface area contributed by atoms with Crippen LogP contribution in [0.5, 0.6) is 5.75 Å². The number of fused-ring (bicyclic) bond motifs is 1. The number of benzene rings is 2. The van der Waals surface area contributed by atoms with E-state index in [1.807, 2.05) is 39.8 Å². The molecule has 1 aromatic heterocycles. The van der Waals surface area contributed by atoms with E-state index in [0.29, 0.717) is 46.4 Å². The summed E-state index contributed by atoms with van der Waals surface area (Å²) < 4.78 is 12.2. The Hall–Kier alpha value is -2.82. The number of methoxy groups -OCH3 is 1. The molecule has 3 rings (SSSR count). The average molecular weight is 592 g/mol. The van der Waals surface area contributed by atoms with Gasteiger partial charge in [-0.2, -0.15) is 0 Å². The summed E-state index contributed by atoms with van der Waals surface area (Å²) in [6.45, 7) is 8.32. The van der Waals surface area contributed by atoms with E-state index in [1.54, 1.807) is 63.6 Å². The number of nitrogens with zero attached hydrogens (tertiary/aromatic N) is 1. The van der Waals surface area contributed by atoms with Crippen molar-refractivity contribution in [3.8, 4) is 5.75 Å². The van der Waals surface area contributed by atoms with Crippen LogP contribution in [-0.4, -0.2) is 59.8 Å². The number of halogens is 1. The van der Waals surface area contributed by atoms with Crippen molar-refractivity contribution in [1.29, 1.82) is 0 Å². The van der Waals surface area contributed by atoms with Gasteiger partial charge in [-0.15, -0.1) is 0 Å². The van der Waals surface area contributed by atoms with E-state index in [0.717, 1.165) is 16.7 Å². The van der Waals surface area contributed by atoms with Crippen molar-refractivity contribution in [1.82, 2.24) is 15.2 Å². The molecule has 3 aromatic rings. The van der Waals surface area contributed by atoms with Crippen LogP contribution in [0.25, 0.3) is 10.9 Å². The van der Waals surface area contributed by atoms with Crippen LogP contribution in [0.3, 0.4) is 0 Å². The Morgan fingerprint density at radius 1 is 0.974 bits per heavy atom. The number of amides is 2. The van der Waals surface area contributed by atoms with Crippen LogP contribution < -0.4 is 15.4 Å². The Balaban J connectivity index is 1.57. The molecule has 2 N–H and O–H groups in total. The Kier molecular flexibility index (Phi) is 11.0. The molecule has 0 spiro atoms. The van der Waals surface area contributed by atoms with Crippen LogP contribution in [0.1, 0.15) is 42.4 Å². The summed E-state index contributed by atoms with van der Waals surface area (Å²) in [6, 6.07) is 12.2. The van der Waals surface area contributed by atoms with Crippen molar-refractivity contribution in [3.05, 3.63) is 64.3 Å². The second-order valence-corrected chi connectivity index (χ2v) is 12.8. The standard InChI is InChI=1S/C28H34ClN3O5S2/c1-18-22(17-25(33)30-12-14-38-39-15-13-31-27(35)37-28(2,3)4)23-16-21(36-5)10-11-24(23)32(18)26(34)19-6-8-20(29)9-7-19/h6-11,16H,12-15,17H2,1-5H3,(H,30,33)(H,31,35). The quantitative estimate of drug-likeness (QED) is 0.213. The molecular formula is C28H34ClN3O5S2. The smallest absolute Gasteiger partial charge is 0.407 e. The van der Waals surface area contributed by atoms with Crippen molar-refractivity contribution in [2.75, 3.05) is 31.7 Å². The minimum Gasteiger partial charge on any atom is -0.497 e. The number of rotatable bonds is 11. The third-order valence-corrected chi connectivity index (χ3v) is 8.28. The van der Waals surface area contributed by atoms with Crippen LogP contribution in [0.2, 0.25) is 5.02 Å². The molecule has 0 aliphatic rings. The molecule has 210 valence electrons. The average Bonchev–Trinajstić information content (AvgIpc) is 3.14. The number of aromatic nitrogens is 1. The summed E-state index contributed by atoms with van der Waals surface area (Å²) in [5, 5.41) is 7.03. The molecule has 0 saturated carbocycles. The summed E-state index contributed by atoms with van der Waals surface area (Å²) in [6.07, 6.45) is -0.293. The van der Waals surface area contributed by atoms with E-state index in [-0.39, 0.29) is 18.2 Å². The molecule has 0 atom stereocenters. The molecule has 8 nitrogen and oxygen atoms in total. The lowest BCUT2D eigenvalue weighted by molar-refractivity contribution is -0.120. The van der Waals surface area contributed by atoms with E-state index >= 15 is 0 Å². The second-order valence-electron chi connectivity index (χ2n) is 9.69. The lowest BCUT2D eigenvalue weighted by atomic mass is 10.1. The number of hydrogen-bond acceptors (Lipinski definition) is 7. The molecule has 0 unspecified atom stereocenters. The fourth-order valence-corrected chi connectivity index (χ4v) is 5.82. The molecule has 1 heterocycles. The summed E-state index contributed by atoms with van der Waals surface area (Å²) in [5.41, 5.74) is 2.18. The lowest BCUT2D eigenvalue weighted by Gasteiger charge is -2.19. The zero-order valence-corrected chi connectivity index (χ0v) is 25.1. The molecule has 0 bridgehead atoms. The zero-order chi connectivity index (χ0) is 28.6. The normalized spacial score (nSPS) is 11.3. The van der Waals surface area contributed by atoms with Gasteiger partial charge in [0.1, 0.15) is 11.4 Å². The van der Waals surface area contributed by atoms with Crippen LogP contribution >= 0.6 is 33.2 Å². The fraction of sp³-hybridized carbons (Fsp3) is 0.393. The van der Waals surface area contributed by atoms with Gasteiger partial charge in [0, 0.05) is 46.3 Å². The number of hydrogen-bond donors (Lipinski definition) is 2. The van der Waals surface area contributed by atoms with E-state index in [1.165, 1.54) is 0 Å². The summed E-state index contributed by atoms with van der Waals surface area (Å²) in [4.78, 5) is 37.9. The third kappa shape index (κ3) is 8.84. The van der Waals surface area contributed by atoms with E-state index in [9.17, 15) is 14.4 Å². The van der Waals surface area contributed by atoms with Gasteiger partial charge in [-0.05, 0) is 75.7 Å². The van der Waals surface area contributed by atoms with Gasteiger partial charge in [-0.3, -0.25) is 14.2 Å². The highest BCUT2D eigenvalue weighted by molar-refractivity contribution is 8.76. The fourth-order valence-electron chi connectivity index (χ4n) is 3.88. The minimum atomic E-state index is -0.518. The first kappa shape index (κ1) is 30.7. The maximum Gasteiger partial charge on any atom is 0.407 e. The first-order chi connectivity index (χ1) is 18.5. The highest BCUT2D eigenvalue weighted by Gasteiger charge is 2.22. The Labute approximate surface area is 241 Å². The highest BCUT2D eigenvalue weighted by Crippen LogP contribution is 2.31. The Morgan fingerprint density at radius 3 is 2.23 bits per heavy atom. The van der Waals surface area contributed by atoms with Crippen LogP contribution in [0.4, 0.5) is 4.79 Å². The molecule has 39 heavy (non-hydrogen) atoms. The van der Waals surface area contributed by atoms with Crippen molar-refractivity contribution in [2.45, 2.75) is 39.7 Å². The Morgan fingerprint density at radius 2 is 1.62 bits per heavy atom. The molecule has 0 radical (unpaired) electrons. The number of alkyl carbamates (subject to hydrolysis) is 1. The molecule has 2 amide bonds. The van der Waals surface area contributed by atoms with Crippen molar-refractivity contribution in [3.63, 3.8) is 0 Å². The predicted molar refractivity (Wildman–Crippen MR) is 160 cm³/mol. The van der Waals surface area contributed by atoms with Gasteiger partial charge in [0.25, 0.3) is 5.91 Å². The maximum absolute atomic E-state index is 13.4. The van der Waals surface area contributed by atoms with Gasteiger partial charge in [0.2, 0.25) is 5.91 Å². The van der Waals surface area contributed by atoms with Gasteiger partial charge in [0.05, 0.1) is 19.0 Å². The molecule has 2 aromatic carbocycles. The van der Waals surface area contributed by atoms with Crippen LogP contribution in [0, 0.1) is 6.92 Å². The lowest BCUT2D eigenvalue weighted by Crippen LogP contribution is -2.33. The monoisotopic (exact) mass is 591 g/mol. The molecule has 0 aliphatic carbocycles. The van der Waals surface area contributed by atoms with Crippen LogP contribution in [-0.2, 0) is 16.0 Å². The van der Waals surface area contributed by atoms with Gasteiger partial charge in [-0.1, -0.05) is 33.2 Å². The maximum atomic E-state index is 13.4. The zero-order valence-electron chi connectivity index (χ0n) is 22.8. The van der Waals surface area contributed by atoms with Gasteiger partial charge in [-0.25, -0.2) is 4.79 Å². The molecule has 11 heteroatoms. The van der Waals surface area contributed by atoms with Crippen molar-refractivity contribution < 1.29 is 23.9 Å². The number of ether oxygens (including phenoxy) is 2. The van der Waals surface area contributed by atoms with E-state index < -0.39 is 11.7 Å². The van der Waals surface area contributed by atoms with Gasteiger partial charge in [0.15, 0.2) is 0 Å². The van der Waals surface area contributed by atoms with Crippen molar-refractivity contribution >= 4 is 62.0 Å². The minimum absolute atomic E-state index is 0.129. The molecule has 0 fully saturated rings. The predicted octanol–water partition coefficient (Wildman–Crippen LogP) is 5.87. The summed E-state index contributed by atoms with van der Waals surface area (Å²) in [5.74, 6) is 1.76. The first-order valence-corrected chi connectivity index (χ1v) is 15.3. The second kappa shape index (κ2) is 14.0. The third-order valence-electron chi connectivity index (χ3n) is 5.62. The topological polar surface area (TPSA) is 98.7 Å². The number of carbonyl (C=O) groups excluding carboxylic acids is 3. The van der Waals surface area contributed by atoms with Gasteiger partial charge < -0.3 is 20.1 Å². The first-order valence-electron chi connectivity index (χ1n) is 12.5. The Bertz CT molecular complexity index is 1320. The van der Waals surface area contributed by atoms with Crippen molar-refractivity contribution in [2.24, 2.45) is 0 Å². The number of carbonyl (C=O) groups is 3. The highest BCUT2D eigenvalue weighted by atomic mass is 35.5.